The first-order chi connectivity index (χ1) is 18.5. The van der Waals surface area contributed by atoms with Crippen LogP contribution in [0.1, 0.15) is 41.3 Å². The summed E-state index contributed by atoms with van der Waals surface area (Å²) in [5.41, 5.74) is 2.77. The van der Waals surface area contributed by atoms with Crippen LogP contribution in [0, 0.1) is 0 Å². The molecule has 0 saturated carbocycles. The fourth-order valence-corrected chi connectivity index (χ4v) is 5.02. The van der Waals surface area contributed by atoms with Crippen LogP contribution in [0.2, 0.25) is 0 Å². The highest BCUT2D eigenvalue weighted by atomic mass is 32.2. The molecule has 208 valence electrons. The highest BCUT2D eigenvalue weighted by Gasteiger charge is 2.24. The number of nitrogens with one attached hydrogen (secondary N) is 2. The number of carbonyl (C=O) groups is 2. The number of rotatable bonds is 12. The Morgan fingerprint density at radius 3 is 2.26 bits per heavy atom. The van der Waals surface area contributed by atoms with Crippen molar-refractivity contribution in [2.75, 3.05) is 43.2 Å². The highest BCUT2D eigenvalue weighted by molar-refractivity contribution is 7.92. The van der Waals surface area contributed by atoms with Crippen molar-refractivity contribution in [1.82, 2.24) is 5.32 Å². The third kappa shape index (κ3) is 7.73. The molecule has 0 spiro atoms. The zero-order chi connectivity index (χ0) is 28.6. The van der Waals surface area contributed by atoms with Crippen LogP contribution in [0.5, 0.6) is 11.5 Å². The first kappa shape index (κ1) is 29.5. The van der Waals surface area contributed by atoms with Gasteiger partial charge in [0.25, 0.3) is 5.91 Å². The number of methoxy groups -OCH3 is 2. The molecule has 39 heavy (non-hydrogen) atoms. The van der Waals surface area contributed by atoms with Crippen LogP contribution in [0.4, 0.5) is 11.4 Å². The summed E-state index contributed by atoms with van der Waals surface area (Å²) in [7, 11) is -0.630. The zero-order valence-electron chi connectivity index (χ0n) is 22.9. The third-order valence-electron chi connectivity index (χ3n) is 6.11. The molecule has 9 nitrogen and oxygen atoms in total. The predicted octanol–water partition coefficient (Wildman–Crippen LogP) is 4.20. The number of carbonyl (C=O) groups excluding carboxylic acids is 2. The van der Waals surface area contributed by atoms with Gasteiger partial charge in [-0.3, -0.25) is 13.9 Å². The molecule has 0 saturated heterocycles. The molecule has 3 aromatic carbocycles. The molecule has 0 bridgehead atoms. The van der Waals surface area contributed by atoms with E-state index in [0.29, 0.717) is 30.2 Å². The molecule has 0 aliphatic heterocycles. The second-order valence-electron chi connectivity index (χ2n) is 9.27. The summed E-state index contributed by atoms with van der Waals surface area (Å²) in [5, 5.41) is 5.58. The molecule has 0 fully saturated rings. The minimum Gasteiger partial charge on any atom is -0.493 e. The Morgan fingerprint density at radius 2 is 1.59 bits per heavy atom. The first-order valence-electron chi connectivity index (χ1n) is 12.5. The molecule has 0 aromatic heterocycles. The molecular weight excluding hydrogens is 518 g/mol. The summed E-state index contributed by atoms with van der Waals surface area (Å²) < 4.78 is 37.0. The maximum atomic E-state index is 13.0. The second kappa shape index (κ2) is 13.1. The Bertz CT molecular complexity index is 1420. The molecule has 2 amide bonds. The summed E-state index contributed by atoms with van der Waals surface area (Å²) >= 11 is 0. The van der Waals surface area contributed by atoms with Crippen molar-refractivity contribution in [3.8, 4) is 11.5 Å². The first-order valence-corrected chi connectivity index (χ1v) is 14.3. The summed E-state index contributed by atoms with van der Waals surface area (Å²) in [5.74, 6) is 0.351. The number of benzene rings is 3. The van der Waals surface area contributed by atoms with Crippen LogP contribution < -0.4 is 24.4 Å². The fourth-order valence-electron chi connectivity index (χ4n) is 4.15. The molecule has 0 radical (unpaired) electrons. The van der Waals surface area contributed by atoms with Crippen LogP contribution in [0.25, 0.3) is 0 Å². The average Bonchev–Trinajstić information content (AvgIpc) is 2.91. The highest BCUT2D eigenvalue weighted by Crippen LogP contribution is 2.29. The van der Waals surface area contributed by atoms with Gasteiger partial charge in [-0.2, -0.15) is 0 Å². The molecule has 10 heteroatoms. The molecule has 0 atom stereocenters. The van der Waals surface area contributed by atoms with Crippen molar-refractivity contribution in [3.63, 3.8) is 0 Å². The van der Waals surface area contributed by atoms with E-state index in [0.717, 1.165) is 21.7 Å². The number of ether oxygens (including phenoxy) is 2. The smallest absolute Gasteiger partial charge is 0.253 e. The van der Waals surface area contributed by atoms with Gasteiger partial charge in [0.05, 0.1) is 37.4 Å². The van der Waals surface area contributed by atoms with Crippen LogP contribution in [-0.2, 0) is 21.2 Å². The topological polar surface area (TPSA) is 114 Å². The van der Waals surface area contributed by atoms with E-state index in [2.05, 4.69) is 10.6 Å². The number of hydrogen-bond acceptors (Lipinski definition) is 6. The maximum Gasteiger partial charge on any atom is 0.253 e. The largest absolute Gasteiger partial charge is 0.493 e. The Morgan fingerprint density at radius 1 is 0.923 bits per heavy atom. The maximum absolute atomic E-state index is 13.0. The Labute approximate surface area is 230 Å². The van der Waals surface area contributed by atoms with Gasteiger partial charge in [0.2, 0.25) is 15.9 Å². The van der Waals surface area contributed by atoms with Gasteiger partial charge in [0.15, 0.2) is 11.5 Å². The minimum absolute atomic E-state index is 0.0527. The fraction of sp³-hybridized carbons (Fsp3) is 0.310. The third-order valence-corrected chi connectivity index (χ3v) is 7.23. The summed E-state index contributed by atoms with van der Waals surface area (Å²) in [6, 6.07) is 19.2. The zero-order valence-corrected chi connectivity index (χ0v) is 23.7. The summed E-state index contributed by atoms with van der Waals surface area (Å²) in [4.78, 5) is 26.0. The Kier molecular flexibility index (Phi) is 9.95. The monoisotopic (exact) mass is 553 g/mol. The molecule has 0 aliphatic carbocycles. The number of sulfonamides is 1. The van der Waals surface area contributed by atoms with Gasteiger partial charge < -0.3 is 20.1 Å². The predicted molar refractivity (Wildman–Crippen MR) is 153 cm³/mol. The van der Waals surface area contributed by atoms with Crippen molar-refractivity contribution in [2.45, 2.75) is 26.2 Å². The number of anilines is 2. The van der Waals surface area contributed by atoms with E-state index < -0.39 is 22.5 Å². The van der Waals surface area contributed by atoms with Crippen LogP contribution in [0.15, 0.2) is 66.7 Å². The van der Waals surface area contributed by atoms with Gasteiger partial charge in [0, 0.05) is 6.54 Å². The average molecular weight is 554 g/mol. The van der Waals surface area contributed by atoms with Gasteiger partial charge in [-0.05, 0) is 53.8 Å². The Hall–Kier alpha value is -4.05. The van der Waals surface area contributed by atoms with Crippen molar-refractivity contribution in [2.24, 2.45) is 0 Å². The van der Waals surface area contributed by atoms with E-state index in [-0.39, 0.29) is 23.1 Å². The minimum atomic E-state index is -3.76. The van der Waals surface area contributed by atoms with Gasteiger partial charge in [-0.15, -0.1) is 0 Å². The van der Waals surface area contributed by atoms with Crippen molar-refractivity contribution in [1.29, 1.82) is 0 Å². The molecule has 3 rings (SSSR count). The molecule has 0 aliphatic rings. The molecule has 0 heterocycles. The van der Waals surface area contributed by atoms with Crippen molar-refractivity contribution >= 4 is 33.2 Å². The second-order valence-corrected chi connectivity index (χ2v) is 11.2. The number of para-hydroxylation sites is 2. The van der Waals surface area contributed by atoms with Gasteiger partial charge in [-0.1, -0.05) is 50.2 Å². The van der Waals surface area contributed by atoms with E-state index in [4.69, 9.17) is 9.47 Å². The summed E-state index contributed by atoms with van der Waals surface area (Å²) in [6.07, 6.45) is 1.62. The van der Waals surface area contributed by atoms with E-state index >= 15 is 0 Å². The lowest BCUT2D eigenvalue weighted by Gasteiger charge is -2.25. The molecule has 0 unspecified atom stereocenters. The lowest BCUT2D eigenvalue weighted by atomic mass is 10.0. The number of amides is 2. The van der Waals surface area contributed by atoms with Crippen LogP contribution in [-0.4, -0.2) is 53.8 Å². The quantitative estimate of drug-likeness (QED) is 0.348. The lowest BCUT2D eigenvalue weighted by Crippen LogP contribution is -2.38. The molecular formula is C29H35N3O6S. The van der Waals surface area contributed by atoms with Crippen molar-refractivity contribution < 1.29 is 27.5 Å². The Balaban J connectivity index is 1.71. The van der Waals surface area contributed by atoms with Crippen LogP contribution >= 0.6 is 0 Å². The standard InChI is InChI=1S/C29H35N3O6S/c1-20(2)22-10-7-9-13-25(22)32(39(5,35)36)19-28(33)31-24-12-8-6-11-23(24)29(34)30-17-16-21-14-15-26(37-3)27(18-21)38-4/h6-15,18,20H,16-17,19H2,1-5H3,(H,30,34)(H,31,33). The van der Waals surface area contributed by atoms with E-state index in [1.165, 1.54) is 0 Å². The van der Waals surface area contributed by atoms with E-state index in [1.807, 2.05) is 38.1 Å². The van der Waals surface area contributed by atoms with Gasteiger partial charge in [0.1, 0.15) is 6.54 Å². The summed E-state index contributed by atoms with van der Waals surface area (Å²) in [6.45, 7) is 3.83. The molecule has 2 N–H and O–H groups in total. The molecule has 3 aromatic rings. The van der Waals surface area contributed by atoms with E-state index in [1.54, 1.807) is 56.7 Å². The van der Waals surface area contributed by atoms with Crippen LogP contribution in [0.3, 0.4) is 0 Å². The number of nitrogens with zero attached hydrogens (tertiary/aromatic N) is 1. The number of hydrogen-bond donors (Lipinski definition) is 2. The van der Waals surface area contributed by atoms with Gasteiger partial charge in [-0.25, -0.2) is 8.42 Å². The lowest BCUT2D eigenvalue weighted by molar-refractivity contribution is -0.114. The van der Waals surface area contributed by atoms with Gasteiger partial charge >= 0.3 is 0 Å². The normalized spacial score (nSPS) is 11.1. The van der Waals surface area contributed by atoms with Crippen molar-refractivity contribution in [3.05, 3.63) is 83.4 Å². The van der Waals surface area contributed by atoms with E-state index in [9.17, 15) is 18.0 Å². The SMILES string of the molecule is COc1ccc(CCNC(=O)c2ccccc2NC(=O)CN(c2ccccc2C(C)C)S(C)(=O)=O)cc1OC.